The van der Waals surface area contributed by atoms with Gasteiger partial charge in [-0.25, -0.2) is 0 Å². The molecule has 0 bridgehead atoms. The molecule has 0 radical (unpaired) electrons. The molecule has 3 aliphatic rings. The molecule has 0 aromatic rings. The Hall–Kier alpha value is -2.64. The maximum absolute atomic E-state index is 12.8. The van der Waals surface area contributed by atoms with Crippen LogP contribution in [-0.2, 0) is 42.9 Å². The summed E-state index contributed by atoms with van der Waals surface area (Å²) in [5, 5.41) is 88.9. The van der Waals surface area contributed by atoms with Crippen molar-refractivity contribution < 1.29 is 83.7 Å². The van der Waals surface area contributed by atoms with Crippen LogP contribution in [0.3, 0.4) is 0 Å². The van der Waals surface area contributed by atoms with E-state index in [1.165, 1.54) is 6.92 Å². The van der Waals surface area contributed by atoms with Crippen LogP contribution < -0.4 is 21.7 Å². The fraction of sp³-hybridized carbons (Fsp3) is 0.846. The van der Waals surface area contributed by atoms with E-state index < -0.39 is 141 Å². The molecule has 16 atom stereocenters. The molecule has 3 amide bonds. The van der Waals surface area contributed by atoms with E-state index in [9.17, 15) is 54.9 Å². The van der Waals surface area contributed by atoms with Crippen molar-refractivity contribution in [2.75, 3.05) is 13.2 Å². The van der Waals surface area contributed by atoms with E-state index >= 15 is 0 Å². The Morgan fingerprint density at radius 3 is 1.85 bits per heavy atom. The third kappa shape index (κ3) is 9.29. The minimum atomic E-state index is -1.90. The number of carboxylic acid groups (broad SMARTS) is 1. The molecule has 270 valence electrons. The number of rotatable bonds is 12. The summed E-state index contributed by atoms with van der Waals surface area (Å²) in [7, 11) is 0. The predicted octanol–water partition coefficient (Wildman–Crippen LogP) is -7.33. The number of carboxylic acids is 1. The Labute approximate surface area is 267 Å². The Balaban J connectivity index is 2.06. The molecule has 3 rings (SSSR count). The zero-order chi connectivity index (χ0) is 35.3. The second-order valence-corrected chi connectivity index (χ2v) is 11.5. The number of ether oxygens (including phenoxy) is 5. The standard InChI is InChI=1S/C26H44N4O17/c1-7-16(36)19(39)20(40)26(43-7)47-22-15(29-9(3)34)23(30-13(35)4-10(27)24(41)42)44-12(6-32)21(22)46-25-14(28-8(2)33)18(38)17(37)11(5-31)45-25/h7,10-12,14-23,25-26,31-32,36-40H,4-6,27H2,1-3H3,(H,28,33)(H,29,34)(H,30,35)(H,41,42)/t7?,10?,11?,12?,14?,15?,16-,17-,18?,19+,20?,21-,22?,23-,25+,26+/m1/s1. The first kappa shape index (κ1) is 38.8. The van der Waals surface area contributed by atoms with Crippen molar-refractivity contribution in [1.29, 1.82) is 0 Å². The highest BCUT2D eigenvalue weighted by atomic mass is 16.7. The lowest BCUT2D eigenvalue weighted by atomic mass is 9.93. The van der Waals surface area contributed by atoms with Gasteiger partial charge >= 0.3 is 5.97 Å². The lowest BCUT2D eigenvalue weighted by Gasteiger charge is -2.50. The van der Waals surface area contributed by atoms with Crippen molar-refractivity contribution in [2.24, 2.45) is 5.73 Å². The minimum Gasteiger partial charge on any atom is -0.480 e. The Bertz CT molecular complexity index is 1100. The van der Waals surface area contributed by atoms with Gasteiger partial charge in [-0.05, 0) is 6.92 Å². The van der Waals surface area contributed by atoms with Crippen molar-refractivity contribution >= 4 is 23.7 Å². The van der Waals surface area contributed by atoms with Crippen LogP contribution in [0.25, 0.3) is 0 Å². The topological polar surface area (TPSA) is 338 Å². The zero-order valence-corrected chi connectivity index (χ0v) is 25.7. The van der Waals surface area contributed by atoms with Gasteiger partial charge in [0.05, 0.1) is 25.7 Å². The number of carbonyl (C=O) groups is 4. The number of aliphatic hydroxyl groups excluding tert-OH is 7. The highest BCUT2D eigenvalue weighted by Gasteiger charge is 2.55. The van der Waals surface area contributed by atoms with E-state index in [1.54, 1.807) is 0 Å². The summed E-state index contributed by atoms with van der Waals surface area (Å²) in [6.07, 6.45) is -21.8. The largest absolute Gasteiger partial charge is 0.480 e. The molecule has 9 unspecified atom stereocenters. The molecule has 21 heteroatoms. The number of hydrogen-bond acceptors (Lipinski definition) is 17. The van der Waals surface area contributed by atoms with E-state index in [0.717, 1.165) is 13.8 Å². The SMILES string of the molecule is CC(=O)NC1C(O)[C@H](O)C(CO)O[C@H]1O[C@@H]1C(CO)O[C@@H](NC(=O)CC(N)C(=O)O)C(NC(C)=O)C1O[C@@H]1OC(C)[C@@H](O)[C@H](O)C1O. The Kier molecular flexibility index (Phi) is 13.7. The number of hydrogen-bond donors (Lipinski definition) is 12. The van der Waals surface area contributed by atoms with Crippen LogP contribution in [0.1, 0.15) is 27.2 Å². The van der Waals surface area contributed by atoms with Crippen molar-refractivity contribution in [2.45, 2.75) is 125 Å². The van der Waals surface area contributed by atoms with Crippen LogP contribution in [0.5, 0.6) is 0 Å². The lowest BCUT2D eigenvalue weighted by Crippen LogP contribution is -2.72. The Morgan fingerprint density at radius 1 is 0.723 bits per heavy atom. The summed E-state index contributed by atoms with van der Waals surface area (Å²) in [6, 6.07) is -4.62. The molecular formula is C26H44N4O17. The second kappa shape index (κ2) is 16.6. The van der Waals surface area contributed by atoms with E-state index in [-0.39, 0.29) is 0 Å². The molecule has 0 aromatic carbocycles. The molecule has 0 saturated carbocycles. The molecule has 0 spiro atoms. The average Bonchev–Trinajstić information content (AvgIpc) is 3.00. The van der Waals surface area contributed by atoms with Crippen LogP contribution in [0.2, 0.25) is 0 Å². The number of aliphatic hydroxyl groups is 7. The van der Waals surface area contributed by atoms with Crippen LogP contribution in [0, 0.1) is 0 Å². The van der Waals surface area contributed by atoms with E-state index in [4.69, 9.17) is 34.5 Å². The predicted molar refractivity (Wildman–Crippen MR) is 149 cm³/mol. The van der Waals surface area contributed by atoms with Gasteiger partial charge in [-0.3, -0.25) is 19.2 Å². The van der Waals surface area contributed by atoms with Gasteiger partial charge in [-0.1, -0.05) is 0 Å². The third-order valence-electron chi connectivity index (χ3n) is 7.91. The van der Waals surface area contributed by atoms with Gasteiger partial charge in [0.1, 0.15) is 73.1 Å². The van der Waals surface area contributed by atoms with Gasteiger partial charge < -0.3 is 86.2 Å². The highest BCUT2D eigenvalue weighted by Crippen LogP contribution is 2.33. The summed E-state index contributed by atoms with van der Waals surface area (Å²) < 4.78 is 29.2. The van der Waals surface area contributed by atoms with Crippen molar-refractivity contribution in [3.05, 3.63) is 0 Å². The van der Waals surface area contributed by atoms with Crippen molar-refractivity contribution in [3.8, 4) is 0 Å². The third-order valence-corrected chi connectivity index (χ3v) is 7.91. The maximum Gasteiger partial charge on any atom is 0.321 e. The van der Waals surface area contributed by atoms with Gasteiger partial charge in [0.25, 0.3) is 0 Å². The molecule has 3 heterocycles. The molecule has 3 fully saturated rings. The normalized spacial score (nSPS) is 41.4. The highest BCUT2D eigenvalue weighted by molar-refractivity contribution is 5.84. The van der Waals surface area contributed by atoms with Gasteiger partial charge in [0, 0.05) is 13.8 Å². The summed E-state index contributed by atoms with van der Waals surface area (Å²) >= 11 is 0. The van der Waals surface area contributed by atoms with Crippen molar-refractivity contribution in [1.82, 2.24) is 16.0 Å². The smallest absolute Gasteiger partial charge is 0.321 e. The number of carbonyl (C=O) groups excluding carboxylic acids is 3. The van der Waals surface area contributed by atoms with Crippen LogP contribution >= 0.6 is 0 Å². The molecule has 21 nitrogen and oxygen atoms in total. The Morgan fingerprint density at radius 2 is 1.30 bits per heavy atom. The van der Waals surface area contributed by atoms with E-state index in [0.29, 0.717) is 0 Å². The monoisotopic (exact) mass is 684 g/mol. The number of nitrogens with two attached hydrogens (primary N) is 1. The molecule has 47 heavy (non-hydrogen) atoms. The van der Waals surface area contributed by atoms with Gasteiger partial charge in [-0.15, -0.1) is 0 Å². The first-order chi connectivity index (χ1) is 22.0. The summed E-state index contributed by atoms with van der Waals surface area (Å²) in [4.78, 5) is 48.4. The fourth-order valence-electron chi connectivity index (χ4n) is 5.46. The van der Waals surface area contributed by atoms with Crippen LogP contribution in [0.15, 0.2) is 0 Å². The number of amides is 3. The van der Waals surface area contributed by atoms with Gasteiger partial charge in [0.15, 0.2) is 18.8 Å². The number of nitrogens with one attached hydrogen (secondary N) is 3. The van der Waals surface area contributed by atoms with Gasteiger partial charge in [0.2, 0.25) is 17.7 Å². The second-order valence-electron chi connectivity index (χ2n) is 11.5. The van der Waals surface area contributed by atoms with Crippen LogP contribution in [-0.4, -0.2) is 176 Å². The van der Waals surface area contributed by atoms with Gasteiger partial charge in [-0.2, -0.15) is 0 Å². The molecule has 0 aromatic heterocycles. The maximum atomic E-state index is 12.8. The molecule has 3 saturated heterocycles. The number of aliphatic carboxylic acids is 1. The van der Waals surface area contributed by atoms with E-state index in [1.807, 2.05) is 0 Å². The molecule has 0 aliphatic carbocycles. The quantitative estimate of drug-likeness (QED) is 0.0908. The molecular weight excluding hydrogens is 640 g/mol. The molecule has 3 aliphatic heterocycles. The summed E-state index contributed by atoms with van der Waals surface area (Å²) in [6.45, 7) is 1.84. The fourth-order valence-corrected chi connectivity index (χ4v) is 5.46. The lowest BCUT2D eigenvalue weighted by molar-refractivity contribution is -0.352. The first-order valence-electron chi connectivity index (χ1n) is 14.7. The zero-order valence-electron chi connectivity index (χ0n) is 25.7. The van der Waals surface area contributed by atoms with Crippen LogP contribution in [0.4, 0.5) is 0 Å². The first-order valence-corrected chi connectivity index (χ1v) is 14.7. The summed E-state index contributed by atoms with van der Waals surface area (Å²) in [5.41, 5.74) is 5.47. The minimum absolute atomic E-state index is 0.689. The van der Waals surface area contributed by atoms with E-state index in [2.05, 4.69) is 16.0 Å². The average molecular weight is 685 g/mol. The van der Waals surface area contributed by atoms with Crippen molar-refractivity contribution in [3.63, 3.8) is 0 Å². The summed E-state index contributed by atoms with van der Waals surface area (Å²) in [5.74, 6) is -3.86. The molecule has 13 N–H and O–H groups in total.